The molecule has 0 radical (unpaired) electrons. The van der Waals surface area contributed by atoms with Gasteiger partial charge in [-0.2, -0.15) is 4.31 Å². The minimum atomic E-state index is -3.66. The Bertz CT molecular complexity index is 1050. The van der Waals surface area contributed by atoms with Crippen molar-refractivity contribution in [3.63, 3.8) is 0 Å². The van der Waals surface area contributed by atoms with Gasteiger partial charge in [0.1, 0.15) is 0 Å². The van der Waals surface area contributed by atoms with Gasteiger partial charge in [-0.15, -0.1) is 0 Å². The number of sulfonamides is 1. The summed E-state index contributed by atoms with van der Waals surface area (Å²) in [5, 5.41) is 3.00. The Balaban J connectivity index is 1.42. The fourth-order valence-corrected chi connectivity index (χ4v) is 5.92. The van der Waals surface area contributed by atoms with Gasteiger partial charge in [0.2, 0.25) is 10.0 Å². The molecular weight excluding hydrogens is 410 g/mol. The van der Waals surface area contributed by atoms with E-state index in [1.165, 1.54) is 15.9 Å². The zero-order chi connectivity index (χ0) is 22.0. The number of fused-ring (bicyclic) bond motifs is 1. The van der Waals surface area contributed by atoms with Crippen molar-refractivity contribution in [3.05, 3.63) is 65.2 Å². The van der Waals surface area contributed by atoms with E-state index in [4.69, 9.17) is 0 Å². The topological polar surface area (TPSA) is 69.7 Å². The summed E-state index contributed by atoms with van der Waals surface area (Å²) in [4.78, 5) is 15.3. The third-order valence-electron chi connectivity index (χ3n) is 6.43. The molecule has 0 aromatic heterocycles. The normalized spacial score (nSPS) is 20.0. The van der Waals surface area contributed by atoms with Gasteiger partial charge in [0.15, 0.2) is 0 Å². The summed E-state index contributed by atoms with van der Waals surface area (Å²) >= 11 is 0. The van der Waals surface area contributed by atoms with E-state index < -0.39 is 10.0 Å². The molecule has 2 aromatic rings. The smallest absolute Gasteiger partial charge is 0.251 e. The van der Waals surface area contributed by atoms with Crippen molar-refractivity contribution in [1.82, 2.24) is 14.5 Å². The fraction of sp³-hybridized carbons (Fsp3) is 0.458. The molecule has 0 bridgehead atoms. The van der Waals surface area contributed by atoms with E-state index in [-0.39, 0.29) is 10.8 Å². The third-order valence-corrected chi connectivity index (χ3v) is 8.27. The molecule has 166 valence electrons. The second kappa shape index (κ2) is 9.10. The van der Waals surface area contributed by atoms with Gasteiger partial charge in [0.05, 0.1) is 4.90 Å². The zero-order valence-electron chi connectivity index (χ0n) is 18.3. The van der Waals surface area contributed by atoms with Crippen LogP contribution in [0.4, 0.5) is 0 Å². The van der Waals surface area contributed by atoms with Crippen molar-refractivity contribution >= 4 is 15.9 Å². The first-order valence-corrected chi connectivity index (χ1v) is 12.5. The summed E-state index contributed by atoms with van der Waals surface area (Å²) in [6.45, 7) is 7.85. The minimum absolute atomic E-state index is 0.173. The molecule has 0 spiro atoms. The summed E-state index contributed by atoms with van der Waals surface area (Å²) in [7, 11) is -3.66. The van der Waals surface area contributed by atoms with Crippen LogP contribution in [0.5, 0.6) is 0 Å². The van der Waals surface area contributed by atoms with Crippen LogP contribution in [0, 0.1) is 5.92 Å². The molecule has 31 heavy (non-hydrogen) atoms. The second-order valence-electron chi connectivity index (χ2n) is 8.84. The molecule has 0 saturated carbocycles. The van der Waals surface area contributed by atoms with E-state index in [9.17, 15) is 13.2 Å². The molecule has 1 saturated heterocycles. The third kappa shape index (κ3) is 4.84. The molecular formula is C24H31N3O3S. The standard InChI is InChI=1S/C24H31N3O3S/c1-18(2)26-12-10-19(16-26)15-25-24(28)21-8-5-9-23(14-21)31(29,30)27-13-11-20-6-3-4-7-22(20)17-27/h3-9,14,18-19H,10-13,15-17H2,1-2H3,(H,25,28). The molecule has 2 aliphatic rings. The van der Waals surface area contributed by atoms with Crippen molar-refractivity contribution in [2.75, 3.05) is 26.2 Å². The summed E-state index contributed by atoms with van der Waals surface area (Å²) in [6.07, 6.45) is 1.77. The van der Waals surface area contributed by atoms with Crippen molar-refractivity contribution in [1.29, 1.82) is 0 Å². The quantitative estimate of drug-likeness (QED) is 0.748. The van der Waals surface area contributed by atoms with E-state index in [0.29, 0.717) is 43.6 Å². The zero-order valence-corrected chi connectivity index (χ0v) is 19.1. The molecule has 1 N–H and O–H groups in total. The molecule has 0 aliphatic carbocycles. The minimum Gasteiger partial charge on any atom is -0.352 e. The number of hydrogen-bond acceptors (Lipinski definition) is 4. The molecule has 4 rings (SSSR count). The molecule has 2 heterocycles. The molecule has 6 nitrogen and oxygen atoms in total. The van der Waals surface area contributed by atoms with E-state index in [1.54, 1.807) is 18.2 Å². The SMILES string of the molecule is CC(C)N1CCC(CNC(=O)c2cccc(S(=O)(=O)N3CCc4ccccc4C3)c2)C1. The maximum absolute atomic E-state index is 13.2. The van der Waals surface area contributed by atoms with Crippen molar-refractivity contribution in [2.45, 2.75) is 44.2 Å². The number of carbonyl (C=O) groups is 1. The number of benzene rings is 2. The van der Waals surface area contributed by atoms with Crippen LogP contribution in [0.1, 0.15) is 41.8 Å². The number of hydrogen-bond donors (Lipinski definition) is 1. The lowest BCUT2D eigenvalue weighted by Crippen LogP contribution is -2.36. The Morgan fingerprint density at radius 1 is 1.10 bits per heavy atom. The van der Waals surface area contributed by atoms with Gasteiger partial charge < -0.3 is 10.2 Å². The molecule has 2 aromatic carbocycles. The van der Waals surface area contributed by atoms with Gasteiger partial charge in [-0.3, -0.25) is 4.79 Å². The average Bonchev–Trinajstić information content (AvgIpc) is 3.27. The Kier molecular flexibility index (Phi) is 6.46. The predicted octanol–water partition coefficient (Wildman–Crippen LogP) is 2.89. The summed E-state index contributed by atoms with van der Waals surface area (Å²) in [5.74, 6) is 0.218. The highest BCUT2D eigenvalue weighted by atomic mass is 32.2. The van der Waals surface area contributed by atoms with Crippen LogP contribution < -0.4 is 5.32 Å². The first-order chi connectivity index (χ1) is 14.8. The first-order valence-electron chi connectivity index (χ1n) is 11.0. The molecule has 2 aliphatic heterocycles. The van der Waals surface area contributed by atoms with Crippen LogP contribution >= 0.6 is 0 Å². The van der Waals surface area contributed by atoms with Gasteiger partial charge in [0.25, 0.3) is 5.91 Å². The van der Waals surface area contributed by atoms with Gasteiger partial charge in [-0.1, -0.05) is 30.3 Å². The number of nitrogens with one attached hydrogen (secondary N) is 1. The molecule has 7 heteroatoms. The predicted molar refractivity (Wildman–Crippen MR) is 121 cm³/mol. The highest BCUT2D eigenvalue weighted by Crippen LogP contribution is 2.25. The second-order valence-corrected chi connectivity index (χ2v) is 10.8. The van der Waals surface area contributed by atoms with Crippen molar-refractivity contribution in [2.24, 2.45) is 5.92 Å². The van der Waals surface area contributed by atoms with Crippen LogP contribution in [0.15, 0.2) is 53.4 Å². The Hall–Kier alpha value is -2.22. The van der Waals surface area contributed by atoms with Crippen LogP contribution in [0.25, 0.3) is 0 Å². The first kappa shape index (κ1) is 22.0. The van der Waals surface area contributed by atoms with Crippen LogP contribution in [-0.2, 0) is 23.0 Å². The van der Waals surface area contributed by atoms with Crippen LogP contribution in [0.2, 0.25) is 0 Å². The monoisotopic (exact) mass is 441 g/mol. The van der Waals surface area contributed by atoms with E-state index in [2.05, 4.69) is 30.1 Å². The lowest BCUT2D eigenvalue weighted by atomic mass is 10.0. The number of nitrogens with zero attached hydrogens (tertiary/aromatic N) is 2. The molecule has 1 fully saturated rings. The maximum atomic E-state index is 13.2. The molecule has 1 unspecified atom stereocenters. The molecule has 1 amide bonds. The lowest BCUT2D eigenvalue weighted by molar-refractivity contribution is 0.0947. The van der Waals surface area contributed by atoms with E-state index in [0.717, 1.165) is 25.1 Å². The van der Waals surface area contributed by atoms with Gasteiger partial charge >= 0.3 is 0 Å². The van der Waals surface area contributed by atoms with Crippen LogP contribution in [0.3, 0.4) is 0 Å². The summed E-state index contributed by atoms with van der Waals surface area (Å²) in [5.41, 5.74) is 2.63. The van der Waals surface area contributed by atoms with Gasteiger partial charge in [0, 0.05) is 37.8 Å². The van der Waals surface area contributed by atoms with E-state index >= 15 is 0 Å². The summed E-state index contributed by atoms with van der Waals surface area (Å²) < 4.78 is 28.0. The molecule has 1 atom stereocenters. The Labute approximate surface area is 185 Å². The average molecular weight is 442 g/mol. The highest BCUT2D eigenvalue weighted by Gasteiger charge is 2.29. The van der Waals surface area contributed by atoms with Crippen molar-refractivity contribution < 1.29 is 13.2 Å². The lowest BCUT2D eigenvalue weighted by Gasteiger charge is -2.28. The number of carbonyl (C=O) groups excluding carboxylic acids is 1. The van der Waals surface area contributed by atoms with E-state index in [1.807, 2.05) is 18.2 Å². The highest BCUT2D eigenvalue weighted by molar-refractivity contribution is 7.89. The summed E-state index contributed by atoms with van der Waals surface area (Å²) in [6, 6.07) is 14.9. The largest absolute Gasteiger partial charge is 0.352 e. The maximum Gasteiger partial charge on any atom is 0.251 e. The fourth-order valence-electron chi connectivity index (χ4n) is 4.46. The Morgan fingerprint density at radius 3 is 2.61 bits per heavy atom. The Morgan fingerprint density at radius 2 is 1.87 bits per heavy atom. The van der Waals surface area contributed by atoms with Crippen LogP contribution in [-0.4, -0.2) is 55.8 Å². The van der Waals surface area contributed by atoms with Crippen molar-refractivity contribution in [3.8, 4) is 0 Å². The van der Waals surface area contributed by atoms with Gasteiger partial charge in [-0.25, -0.2) is 8.42 Å². The number of amides is 1. The van der Waals surface area contributed by atoms with Gasteiger partial charge in [-0.05, 0) is 68.5 Å². The number of rotatable bonds is 6. The number of likely N-dealkylation sites (tertiary alicyclic amines) is 1.